The van der Waals surface area contributed by atoms with Gasteiger partial charge in [0.15, 0.2) is 0 Å². The second kappa shape index (κ2) is 6.87. The van der Waals surface area contributed by atoms with E-state index in [4.69, 9.17) is 19.7 Å². The monoisotopic (exact) mass is 179 g/mol. The van der Waals surface area contributed by atoms with Crippen molar-refractivity contribution in [2.75, 3.05) is 41.4 Å². The highest BCUT2D eigenvalue weighted by Crippen LogP contribution is 1.87. The number of quaternary nitrogens is 1. The van der Waals surface area contributed by atoms with Crippen LogP contribution >= 0.6 is 0 Å². The quantitative estimate of drug-likeness (QED) is 0.577. The summed E-state index contributed by atoms with van der Waals surface area (Å²) in [6.07, 6.45) is -2.08. The second-order valence-corrected chi connectivity index (χ2v) is 3.27. The minimum atomic E-state index is -2.08. The van der Waals surface area contributed by atoms with Crippen LogP contribution in [0, 0.1) is 0 Å². The largest absolute Gasteiger partial charge is 0.565 e. The Balaban J connectivity index is 0. The summed E-state index contributed by atoms with van der Waals surface area (Å²) in [7, 11) is 8.19. The van der Waals surface area contributed by atoms with E-state index in [1.165, 1.54) is 0 Å². The summed E-state index contributed by atoms with van der Waals surface area (Å²) >= 11 is 0. The fourth-order valence-corrected chi connectivity index (χ4v) is 0.365. The Hall–Kier alpha value is -0.810. The lowest BCUT2D eigenvalue weighted by atomic mass is 10.5. The fourth-order valence-electron chi connectivity index (χ4n) is 0.365. The summed E-state index contributed by atoms with van der Waals surface area (Å²) in [6, 6.07) is 0. The van der Waals surface area contributed by atoms with Gasteiger partial charge in [-0.15, -0.1) is 0 Å². The molecule has 0 spiro atoms. The predicted octanol–water partition coefficient (Wildman–Crippen LogP) is -0.773. The molecule has 5 heteroatoms. The van der Waals surface area contributed by atoms with Crippen molar-refractivity contribution in [3.8, 4) is 0 Å². The molecule has 12 heavy (non-hydrogen) atoms. The Kier molecular flexibility index (Phi) is 7.88. The number of hydrogen-bond acceptors (Lipinski definition) is 3. The molecule has 0 aromatic carbocycles. The van der Waals surface area contributed by atoms with Crippen molar-refractivity contribution in [1.82, 2.24) is 0 Å². The van der Waals surface area contributed by atoms with Crippen molar-refractivity contribution in [2.45, 2.75) is 0 Å². The van der Waals surface area contributed by atoms with E-state index in [9.17, 15) is 0 Å². The molecule has 0 rings (SSSR count). The summed E-state index contributed by atoms with van der Waals surface area (Å²) in [5, 5.41) is 15.3. The summed E-state index contributed by atoms with van der Waals surface area (Å²) < 4.78 is 5.88. The van der Waals surface area contributed by atoms with Gasteiger partial charge in [-0.05, 0) is 0 Å². The van der Waals surface area contributed by atoms with Gasteiger partial charge in [-0.25, -0.2) is 0 Å². The molecule has 1 N–H and O–H groups in total. The van der Waals surface area contributed by atoms with Gasteiger partial charge >= 0.3 is 0 Å². The van der Waals surface area contributed by atoms with Crippen molar-refractivity contribution in [2.24, 2.45) is 0 Å². The maximum Gasteiger partial charge on any atom is 0.249 e. The van der Waals surface area contributed by atoms with Gasteiger partial charge in [-0.2, -0.15) is 0 Å². The topological polar surface area (TPSA) is 69.6 Å². The molecule has 0 fully saturated rings. The van der Waals surface area contributed by atoms with E-state index in [0.717, 1.165) is 17.6 Å². The van der Waals surface area contributed by atoms with Crippen LogP contribution in [0.3, 0.4) is 0 Å². The number of nitrogens with zero attached hydrogens (tertiary/aromatic N) is 1. The van der Waals surface area contributed by atoms with Crippen molar-refractivity contribution in [3.63, 3.8) is 0 Å². The zero-order chi connectivity index (χ0) is 10.2. The molecule has 0 saturated heterocycles. The molecular weight excluding hydrogens is 162 g/mol. The maximum atomic E-state index is 8.44. The van der Waals surface area contributed by atoms with Crippen LogP contribution in [-0.4, -0.2) is 57.1 Å². The van der Waals surface area contributed by atoms with E-state index in [2.05, 4.69) is 21.1 Å². The van der Waals surface area contributed by atoms with Crippen LogP contribution in [0.25, 0.3) is 0 Å². The minimum Gasteiger partial charge on any atom is -0.565 e. The smallest absolute Gasteiger partial charge is 0.249 e. The number of methoxy groups -OCH3 is 1. The Labute approximate surface area is 72.8 Å². The van der Waals surface area contributed by atoms with Crippen LogP contribution < -0.4 is 5.11 Å². The van der Waals surface area contributed by atoms with Crippen LogP contribution in [0.5, 0.6) is 0 Å². The van der Waals surface area contributed by atoms with Crippen molar-refractivity contribution < 1.29 is 24.2 Å². The zero-order valence-electron chi connectivity index (χ0n) is 8.03. The van der Waals surface area contributed by atoms with E-state index >= 15 is 0 Å². The molecule has 0 aromatic heterocycles. The third-order valence-corrected chi connectivity index (χ3v) is 0.966. The summed E-state index contributed by atoms with van der Waals surface area (Å²) in [6.45, 7) is 1.93. The molecule has 0 amide bonds. The highest BCUT2D eigenvalue weighted by atomic mass is 16.6. The fraction of sp³-hybridized carbons (Fsp3) is 0.857. The Morgan fingerprint density at radius 1 is 1.50 bits per heavy atom. The van der Waals surface area contributed by atoms with Gasteiger partial charge in [0.05, 0.1) is 27.7 Å². The lowest BCUT2D eigenvalue weighted by Gasteiger charge is -2.22. The van der Waals surface area contributed by atoms with Gasteiger partial charge < -0.3 is 24.2 Å². The molecule has 0 aliphatic rings. The third-order valence-electron chi connectivity index (χ3n) is 0.966. The first-order valence-corrected chi connectivity index (χ1v) is 3.49. The first-order valence-electron chi connectivity index (χ1n) is 3.49. The molecule has 0 aromatic rings. The summed E-state index contributed by atoms with van der Waals surface area (Å²) in [5.41, 5.74) is 0. The standard InChI is InChI=1S/C6H16NO.CH2O3/c1-7(2,3)5-6-8-4;2-1(3)4/h5-6H2,1-4H3;(H2,2,3,4)/q+1;/p-1. The molecule has 74 valence electrons. The van der Waals surface area contributed by atoms with Gasteiger partial charge in [0.1, 0.15) is 6.54 Å². The molecule has 0 aliphatic carbocycles. The lowest BCUT2D eigenvalue weighted by molar-refractivity contribution is -0.870. The van der Waals surface area contributed by atoms with E-state index in [0.29, 0.717) is 0 Å². The summed E-state index contributed by atoms with van der Waals surface area (Å²) in [5.74, 6) is 0. The molecule has 0 heterocycles. The van der Waals surface area contributed by atoms with Crippen molar-refractivity contribution >= 4 is 6.16 Å². The van der Waals surface area contributed by atoms with E-state index in [-0.39, 0.29) is 0 Å². The number of hydrogen-bond donors (Lipinski definition) is 1. The van der Waals surface area contributed by atoms with Crippen LogP contribution in [-0.2, 0) is 4.74 Å². The maximum absolute atomic E-state index is 8.44. The minimum absolute atomic E-state index is 0.851. The average molecular weight is 179 g/mol. The first-order chi connectivity index (χ1) is 5.29. The van der Waals surface area contributed by atoms with Crippen LogP contribution in [0.1, 0.15) is 0 Å². The normalized spacial score (nSPS) is 10.0. The number of rotatable bonds is 3. The second-order valence-electron chi connectivity index (χ2n) is 3.27. The van der Waals surface area contributed by atoms with E-state index in [1.54, 1.807) is 7.11 Å². The SMILES string of the molecule is COCC[N+](C)(C)C.O=C([O-])O. The lowest BCUT2D eigenvalue weighted by Crippen LogP contribution is -2.37. The summed E-state index contributed by atoms with van der Waals surface area (Å²) in [4.78, 5) is 8.44. The molecule has 0 aliphatic heterocycles. The van der Waals surface area contributed by atoms with Crippen molar-refractivity contribution in [1.29, 1.82) is 0 Å². The highest BCUT2D eigenvalue weighted by molar-refractivity contribution is 5.50. The van der Waals surface area contributed by atoms with Crippen LogP contribution in [0.4, 0.5) is 4.79 Å². The number of carbonyl (C=O) groups is 1. The number of carboxylic acid groups (broad SMARTS) is 2. The number of ether oxygens (including phenoxy) is 1. The van der Waals surface area contributed by atoms with E-state index < -0.39 is 6.16 Å². The zero-order valence-corrected chi connectivity index (χ0v) is 8.03. The van der Waals surface area contributed by atoms with Gasteiger partial charge in [0, 0.05) is 7.11 Å². The van der Waals surface area contributed by atoms with Gasteiger partial charge in [-0.3, -0.25) is 0 Å². The molecular formula is C7H17NO4. The third kappa shape index (κ3) is 35.1. The van der Waals surface area contributed by atoms with E-state index in [1.807, 2.05) is 0 Å². The van der Waals surface area contributed by atoms with Crippen LogP contribution in [0.2, 0.25) is 0 Å². The molecule has 0 bridgehead atoms. The van der Waals surface area contributed by atoms with Crippen LogP contribution in [0.15, 0.2) is 0 Å². The Bertz CT molecular complexity index is 115. The Morgan fingerprint density at radius 2 is 1.83 bits per heavy atom. The average Bonchev–Trinajstić information content (AvgIpc) is 1.80. The highest BCUT2D eigenvalue weighted by Gasteiger charge is 2.03. The molecule has 5 nitrogen and oxygen atoms in total. The van der Waals surface area contributed by atoms with Gasteiger partial charge in [0.25, 0.3) is 0 Å². The van der Waals surface area contributed by atoms with Gasteiger partial charge in [0.2, 0.25) is 6.16 Å². The molecule has 0 unspecified atom stereocenters. The molecule has 0 radical (unpaired) electrons. The van der Waals surface area contributed by atoms with Gasteiger partial charge in [-0.1, -0.05) is 0 Å². The first kappa shape index (κ1) is 13.8. The molecule has 0 saturated carbocycles. The number of likely N-dealkylation sites (N-methyl/N-ethyl adjacent to an activating group) is 1. The molecule has 0 atom stereocenters. The predicted molar refractivity (Wildman–Crippen MR) is 42.8 cm³/mol. The Morgan fingerprint density at radius 3 is 1.92 bits per heavy atom. The van der Waals surface area contributed by atoms with Crippen molar-refractivity contribution in [3.05, 3.63) is 0 Å².